The Morgan fingerprint density at radius 3 is 2.39 bits per heavy atom. The van der Waals surface area contributed by atoms with Gasteiger partial charge in [-0.05, 0) is 38.3 Å². The molecule has 0 saturated carbocycles. The molecule has 0 aromatic heterocycles. The van der Waals surface area contributed by atoms with E-state index in [1.165, 1.54) is 5.56 Å². The lowest BCUT2D eigenvalue weighted by molar-refractivity contribution is -0.127. The molecule has 1 unspecified atom stereocenters. The van der Waals surface area contributed by atoms with Crippen LogP contribution in [0.3, 0.4) is 0 Å². The van der Waals surface area contributed by atoms with Crippen LogP contribution in [-0.2, 0) is 4.79 Å². The molecule has 1 amide bonds. The molecule has 0 fully saturated rings. The van der Waals surface area contributed by atoms with Gasteiger partial charge in [0.05, 0.1) is 0 Å². The highest BCUT2D eigenvalue weighted by molar-refractivity contribution is 5.80. The van der Waals surface area contributed by atoms with Crippen LogP contribution in [0.25, 0.3) is 0 Å². The van der Waals surface area contributed by atoms with Crippen molar-refractivity contribution in [3.05, 3.63) is 29.8 Å². The Kier molecular flexibility index (Phi) is 5.69. The van der Waals surface area contributed by atoms with Crippen molar-refractivity contribution in [3.8, 4) is 5.75 Å². The second-order valence-corrected chi connectivity index (χ2v) is 5.05. The molecule has 1 aromatic rings. The van der Waals surface area contributed by atoms with Crippen LogP contribution in [-0.4, -0.2) is 18.6 Å². The maximum absolute atomic E-state index is 11.8. The zero-order chi connectivity index (χ0) is 13.5. The first-order valence-corrected chi connectivity index (χ1v) is 6.50. The number of aryl methyl sites for hydroxylation is 1. The van der Waals surface area contributed by atoms with Gasteiger partial charge >= 0.3 is 0 Å². The van der Waals surface area contributed by atoms with Gasteiger partial charge in [0.15, 0.2) is 6.10 Å². The van der Waals surface area contributed by atoms with Crippen molar-refractivity contribution in [2.24, 2.45) is 5.92 Å². The van der Waals surface area contributed by atoms with E-state index in [0.717, 1.165) is 12.2 Å². The Labute approximate surface area is 110 Å². The number of nitrogens with one attached hydrogen (secondary N) is 1. The van der Waals surface area contributed by atoms with Crippen LogP contribution in [0.15, 0.2) is 24.3 Å². The minimum atomic E-state index is -0.458. The fourth-order valence-electron chi connectivity index (χ4n) is 1.50. The minimum absolute atomic E-state index is 0.0591. The van der Waals surface area contributed by atoms with Crippen LogP contribution in [0.1, 0.15) is 32.8 Å². The normalized spacial score (nSPS) is 12.3. The third-order valence-electron chi connectivity index (χ3n) is 2.72. The average molecular weight is 249 g/mol. The molecule has 3 nitrogen and oxygen atoms in total. The van der Waals surface area contributed by atoms with Gasteiger partial charge in [-0.3, -0.25) is 4.79 Å². The van der Waals surface area contributed by atoms with Crippen LogP contribution in [0.4, 0.5) is 0 Å². The first kappa shape index (κ1) is 14.6. The standard InChI is InChI=1S/C15H23NO2/c1-11(2)9-10-16-15(17)13(4)18-14-7-5-12(3)6-8-14/h5-8,11,13H,9-10H2,1-4H3,(H,16,17). The van der Waals surface area contributed by atoms with E-state index < -0.39 is 6.10 Å². The van der Waals surface area contributed by atoms with Crippen molar-refractivity contribution >= 4 is 5.91 Å². The van der Waals surface area contributed by atoms with E-state index in [0.29, 0.717) is 12.5 Å². The second kappa shape index (κ2) is 7.04. The lowest BCUT2D eigenvalue weighted by Gasteiger charge is -2.15. The van der Waals surface area contributed by atoms with Gasteiger partial charge in [-0.25, -0.2) is 0 Å². The largest absolute Gasteiger partial charge is 0.481 e. The predicted octanol–water partition coefficient (Wildman–Crippen LogP) is 2.92. The molecule has 0 aliphatic carbocycles. The fraction of sp³-hybridized carbons (Fsp3) is 0.533. The van der Waals surface area contributed by atoms with E-state index >= 15 is 0 Å². The summed E-state index contributed by atoms with van der Waals surface area (Å²) in [4.78, 5) is 11.8. The summed E-state index contributed by atoms with van der Waals surface area (Å²) in [6.07, 6.45) is 0.531. The first-order chi connectivity index (χ1) is 8.49. The van der Waals surface area contributed by atoms with E-state index in [4.69, 9.17) is 4.74 Å². The number of carbonyl (C=O) groups is 1. The predicted molar refractivity (Wildman–Crippen MR) is 73.7 cm³/mol. The van der Waals surface area contributed by atoms with E-state index in [-0.39, 0.29) is 5.91 Å². The Bertz CT molecular complexity index is 371. The quantitative estimate of drug-likeness (QED) is 0.841. The van der Waals surface area contributed by atoms with Gasteiger partial charge in [0.2, 0.25) is 0 Å². The summed E-state index contributed by atoms with van der Waals surface area (Å²) in [7, 11) is 0. The first-order valence-electron chi connectivity index (χ1n) is 6.50. The van der Waals surface area contributed by atoms with Crippen LogP contribution in [0.5, 0.6) is 5.75 Å². The third kappa shape index (κ3) is 5.21. The Balaban J connectivity index is 2.37. The molecule has 0 radical (unpaired) electrons. The summed E-state index contributed by atoms with van der Waals surface area (Å²) >= 11 is 0. The van der Waals surface area contributed by atoms with Gasteiger partial charge < -0.3 is 10.1 Å². The summed E-state index contributed by atoms with van der Waals surface area (Å²) in [6.45, 7) is 8.77. The lowest BCUT2D eigenvalue weighted by atomic mass is 10.1. The number of amides is 1. The monoisotopic (exact) mass is 249 g/mol. The average Bonchev–Trinajstić information content (AvgIpc) is 2.31. The van der Waals surface area contributed by atoms with Crippen molar-refractivity contribution in [3.63, 3.8) is 0 Å². The van der Waals surface area contributed by atoms with Gasteiger partial charge in [-0.1, -0.05) is 31.5 Å². The molecule has 18 heavy (non-hydrogen) atoms. The van der Waals surface area contributed by atoms with Crippen molar-refractivity contribution in [1.29, 1.82) is 0 Å². The van der Waals surface area contributed by atoms with Gasteiger partial charge in [-0.2, -0.15) is 0 Å². The third-order valence-corrected chi connectivity index (χ3v) is 2.72. The smallest absolute Gasteiger partial charge is 0.260 e. The van der Waals surface area contributed by atoms with Gasteiger partial charge in [-0.15, -0.1) is 0 Å². The van der Waals surface area contributed by atoms with Crippen molar-refractivity contribution < 1.29 is 9.53 Å². The number of carbonyl (C=O) groups excluding carboxylic acids is 1. The number of hydrogen-bond acceptors (Lipinski definition) is 2. The Morgan fingerprint density at radius 1 is 1.22 bits per heavy atom. The number of ether oxygens (including phenoxy) is 1. The molecule has 100 valence electrons. The highest BCUT2D eigenvalue weighted by Gasteiger charge is 2.13. The Morgan fingerprint density at radius 2 is 1.83 bits per heavy atom. The molecule has 0 heterocycles. The fourth-order valence-corrected chi connectivity index (χ4v) is 1.50. The van der Waals surface area contributed by atoms with Crippen LogP contribution in [0, 0.1) is 12.8 Å². The number of hydrogen-bond donors (Lipinski definition) is 1. The summed E-state index contributed by atoms with van der Waals surface area (Å²) < 4.78 is 5.58. The highest BCUT2D eigenvalue weighted by Crippen LogP contribution is 2.13. The molecule has 1 aromatic carbocycles. The maximum atomic E-state index is 11.8. The van der Waals surface area contributed by atoms with E-state index in [1.54, 1.807) is 6.92 Å². The van der Waals surface area contributed by atoms with Crippen molar-refractivity contribution in [2.45, 2.75) is 40.2 Å². The summed E-state index contributed by atoms with van der Waals surface area (Å²) in [5, 5.41) is 2.88. The van der Waals surface area contributed by atoms with Crippen LogP contribution >= 0.6 is 0 Å². The number of rotatable bonds is 6. The molecular weight excluding hydrogens is 226 g/mol. The molecule has 0 spiro atoms. The Hall–Kier alpha value is -1.51. The number of benzene rings is 1. The maximum Gasteiger partial charge on any atom is 0.260 e. The molecule has 1 atom stereocenters. The SMILES string of the molecule is Cc1ccc(OC(C)C(=O)NCCC(C)C)cc1. The molecule has 3 heteroatoms. The topological polar surface area (TPSA) is 38.3 Å². The van der Waals surface area contributed by atoms with E-state index in [1.807, 2.05) is 31.2 Å². The van der Waals surface area contributed by atoms with Gasteiger partial charge in [0, 0.05) is 6.54 Å². The highest BCUT2D eigenvalue weighted by atomic mass is 16.5. The van der Waals surface area contributed by atoms with Gasteiger partial charge in [0.25, 0.3) is 5.91 Å². The second-order valence-electron chi connectivity index (χ2n) is 5.05. The van der Waals surface area contributed by atoms with Gasteiger partial charge in [0.1, 0.15) is 5.75 Å². The summed E-state index contributed by atoms with van der Waals surface area (Å²) in [5.41, 5.74) is 1.18. The molecule has 0 saturated heterocycles. The lowest BCUT2D eigenvalue weighted by Crippen LogP contribution is -2.37. The molecule has 1 N–H and O–H groups in total. The molecule has 0 bridgehead atoms. The zero-order valence-corrected chi connectivity index (χ0v) is 11.7. The zero-order valence-electron chi connectivity index (χ0n) is 11.7. The molecule has 0 aliphatic heterocycles. The summed E-state index contributed by atoms with van der Waals surface area (Å²) in [6, 6.07) is 7.71. The minimum Gasteiger partial charge on any atom is -0.481 e. The molecular formula is C15H23NO2. The molecule has 1 rings (SSSR count). The molecule has 0 aliphatic rings. The van der Waals surface area contributed by atoms with Crippen LogP contribution < -0.4 is 10.1 Å². The van der Waals surface area contributed by atoms with Crippen molar-refractivity contribution in [2.75, 3.05) is 6.54 Å². The van der Waals surface area contributed by atoms with E-state index in [2.05, 4.69) is 19.2 Å². The summed E-state index contributed by atoms with van der Waals surface area (Å²) in [5.74, 6) is 1.27. The van der Waals surface area contributed by atoms with E-state index in [9.17, 15) is 4.79 Å². The van der Waals surface area contributed by atoms with Crippen molar-refractivity contribution in [1.82, 2.24) is 5.32 Å². The van der Waals surface area contributed by atoms with Crippen LogP contribution in [0.2, 0.25) is 0 Å².